The zero-order chi connectivity index (χ0) is 25.3. The fraction of sp³-hybridized carbons (Fsp3) is 0.828. The molecule has 2 N–H and O–H groups in total. The molecule has 10 atom stereocenters. The summed E-state index contributed by atoms with van der Waals surface area (Å²) in [6.07, 6.45) is 8.83. The summed E-state index contributed by atoms with van der Waals surface area (Å²) in [6.45, 7) is 6.51. The Hall–Kier alpha value is -1.69. The Morgan fingerprint density at radius 1 is 1.06 bits per heavy atom. The summed E-state index contributed by atoms with van der Waals surface area (Å²) in [5, 5.41) is 21.2. The number of methoxy groups -OCH3 is 1. The molecule has 0 aromatic heterocycles. The third-order valence-corrected chi connectivity index (χ3v) is 11.8. The molecule has 194 valence electrons. The van der Waals surface area contributed by atoms with Crippen molar-refractivity contribution in [2.75, 3.05) is 13.7 Å². The third-order valence-electron chi connectivity index (χ3n) is 11.8. The lowest BCUT2D eigenvalue weighted by atomic mass is 9.38. The van der Waals surface area contributed by atoms with Gasteiger partial charge in [0.05, 0.1) is 18.4 Å². The van der Waals surface area contributed by atoms with Crippen molar-refractivity contribution in [3.05, 3.63) is 11.6 Å². The molecule has 6 heteroatoms. The van der Waals surface area contributed by atoms with Crippen molar-refractivity contribution < 1.29 is 29.3 Å². The van der Waals surface area contributed by atoms with Crippen LogP contribution in [0.3, 0.4) is 0 Å². The monoisotopic (exact) mass is 486 g/mol. The van der Waals surface area contributed by atoms with E-state index < -0.39 is 16.8 Å². The molecule has 10 unspecified atom stereocenters. The number of hydrogen-bond donors (Lipinski definition) is 2. The van der Waals surface area contributed by atoms with Crippen LogP contribution in [0.2, 0.25) is 0 Å². The Bertz CT molecular complexity index is 955. The van der Waals surface area contributed by atoms with Gasteiger partial charge in [0, 0.05) is 17.9 Å². The van der Waals surface area contributed by atoms with Gasteiger partial charge in [-0.25, -0.2) is 0 Å². The summed E-state index contributed by atoms with van der Waals surface area (Å²) in [5.41, 5.74) is -0.463. The first-order valence-corrected chi connectivity index (χ1v) is 13.7. The largest absolute Gasteiger partial charge is 0.481 e. The second kappa shape index (κ2) is 8.43. The van der Waals surface area contributed by atoms with Crippen LogP contribution < -0.4 is 0 Å². The van der Waals surface area contributed by atoms with Gasteiger partial charge in [-0.15, -0.1) is 0 Å². The number of aliphatic carboxylic acids is 1. The lowest BCUT2D eigenvalue weighted by Crippen LogP contribution is -2.64. The maximum absolute atomic E-state index is 14.1. The van der Waals surface area contributed by atoms with Crippen LogP contribution in [0.15, 0.2) is 11.6 Å². The number of allylic oxidation sites excluding steroid dienone is 2. The van der Waals surface area contributed by atoms with Gasteiger partial charge in [0.1, 0.15) is 0 Å². The van der Waals surface area contributed by atoms with Crippen molar-refractivity contribution in [3.8, 4) is 0 Å². The SMILES string of the molecule is COC(=O)C1CCC2(CO)C(CCC3(C)C4CCC5(C(=O)O)CCC(C)CC5C4=CC(=O)C32)C1C. The quantitative estimate of drug-likeness (QED) is 0.564. The molecule has 4 saturated carbocycles. The average molecular weight is 487 g/mol. The molecule has 0 aromatic carbocycles. The number of rotatable bonds is 3. The number of aliphatic hydroxyl groups is 1. The third kappa shape index (κ3) is 3.27. The van der Waals surface area contributed by atoms with Gasteiger partial charge in [-0.2, -0.15) is 0 Å². The highest BCUT2D eigenvalue weighted by Crippen LogP contribution is 2.70. The molecule has 0 spiro atoms. The molecule has 6 nitrogen and oxygen atoms in total. The number of aliphatic hydroxyl groups excluding tert-OH is 1. The number of esters is 1. The van der Waals surface area contributed by atoms with Crippen molar-refractivity contribution in [1.82, 2.24) is 0 Å². The summed E-state index contributed by atoms with van der Waals surface area (Å²) in [6, 6.07) is 0. The molecule has 0 aromatic rings. The van der Waals surface area contributed by atoms with E-state index in [4.69, 9.17) is 4.74 Å². The second-order valence-electron chi connectivity index (χ2n) is 13.0. The molecule has 0 radical (unpaired) electrons. The lowest BCUT2D eigenvalue weighted by Gasteiger charge is -2.65. The molecule has 0 heterocycles. The van der Waals surface area contributed by atoms with Crippen molar-refractivity contribution in [2.45, 2.75) is 78.6 Å². The molecule has 4 fully saturated rings. The molecule has 0 bridgehead atoms. The van der Waals surface area contributed by atoms with Crippen molar-refractivity contribution in [3.63, 3.8) is 0 Å². The minimum atomic E-state index is -0.739. The molecular formula is C29H42O6. The molecule has 35 heavy (non-hydrogen) atoms. The summed E-state index contributed by atoms with van der Waals surface area (Å²) < 4.78 is 5.09. The predicted molar refractivity (Wildman–Crippen MR) is 130 cm³/mol. The number of ether oxygens (including phenoxy) is 1. The van der Waals surface area contributed by atoms with Crippen LogP contribution in [0, 0.1) is 57.7 Å². The Balaban J connectivity index is 1.56. The van der Waals surface area contributed by atoms with E-state index in [0.717, 1.165) is 37.7 Å². The normalized spacial score (nSPS) is 49.0. The van der Waals surface area contributed by atoms with Crippen LogP contribution in [0.4, 0.5) is 0 Å². The van der Waals surface area contributed by atoms with Gasteiger partial charge in [0.2, 0.25) is 0 Å². The fourth-order valence-corrected chi connectivity index (χ4v) is 10.1. The lowest BCUT2D eigenvalue weighted by molar-refractivity contribution is -0.187. The predicted octanol–water partition coefficient (Wildman–Crippen LogP) is 4.64. The van der Waals surface area contributed by atoms with Gasteiger partial charge in [0.25, 0.3) is 0 Å². The molecule has 0 aliphatic heterocycles. The zero-order valence-electron chi connectivity index (χ0n) is 21.7. The van der Waals surface area contributed by atoms with Gasteiger partial charge in [-0.3, -0.25) is 14.4 Å². The zero-order valence-corrected chi connectivity index (χ0v) is 21.7. The first-order valence-electron chi connectivity index (χ1n) is 13.7. The highest BCUT2D eigenvalue weighted by molar-refractivity contribution is 5.95. The van der Waals surface area contributed by atoms with E-state index in [1.807, 2.05) is 6.08 Å². The number of carbonyl (C=O) groups excluding carboxylic acids is 2. The average Bonchev–Trinajstić information content (AvgIpc) is 2.83. The molecule has 0 saturated heterocycles. The maximum atomic E-state index is 14.1. The van der Waals surface area contributed by atoms with E-state index in [1.54, 1.807) is 0 Å². The standard InChI is InChI=1S/C29H42O6/c1-16-5-10-28(26(33)34)12-8-21-19(22(28)13-16)14-23(31)24-27(21,3)9-7-20-17(2)18(25(32)35-4)6-11-29(20,24)15-30/h14,16-18,20-22,24,30H,5-13,15H2,1-4H3,(H,33,34). The summed E-state index contributed by atoms with van der Waals surface area (Å²) in [7, 11) is 1.43. The Morgan fingerprint density at radius 2 is 1.77 bits per heavy atom. The fourth-order valence-electron chi connectivity index (χ4n) is 10.1. The highest BCUT2D eigenvalue weighted by atomic mass is 16.5. The highest BCUT2D eigenvalue weighted by Gasteiger charge is 2.67. The molecule has 5 rings (SSSR count). The van der Waals surface area contributed by atoms with Crippen LogP contribution in [-0.4, -0.2) is 41.7 Å². The minimum Gasteiger partial charge on any atom is -0.481 e. The Kier molecular flexibility index (Phi) is 6.01. The van der Waals surface area contributed by atoms with Gasteiger partial charge >= 0.3 is 11.9 Å². The van der Waals surface area contributed by atoms with E-state index >= 15 is 0 Å². The smallest absolute Gasteiger partial charge is 0.310 e. The van der Waals surface area contributed by atoms with Crippen molar-refractivity contribution >= 4 is 17.7 Å². The first kappa shape index (κ1) is 25.0. The van der Waals surface area contributed by atoms with Gasteiger partial charge in [-0.1, -0.05) is 26.3 Å². The number of ketones is 1. The van der Waals surface area contributed by atoms with Crippen LogP contribution in [-0.2, 0) is 19.1 Å². The first-order chi connectivity index (χ1) is 16.6. The summed E-state index contributed by atoms with van der Waals surface area (Å²) in [4.78, 5) is 39.2. The molecule has 5 aliphatic carbocycles. The number of carbonyl (C=O) groups is 3. The number of carboxylic acids is 1. The van der Waals surface area contributed by atoms with E-state index in [0.29, 0.717) is 31.6 Å². The maximum Gasteiger partial charge on any atom is 0.310 e. The number of hydrogen-bond acceptors (Lipinski definition) is 5. The van der Waals surface area contributed by atoms with Crippen LogP contribution >= 0.6 is 0 Å². The van der Waals surface area contributed by atoms with Crippen molar-refractivity contribution in [1.29, 1.82) is 0 Å². The minimum absolute atomic E-state index is 0.0443. The van der Waals surface area contributed by atoms with Crippen LogP contribution in [0.1, 0.15) is 78.6 Å². The Morgan fingerprint density at radius 3 is 2.43 bits per heavy atom. The van der Waals surface area contributed by atoms with Gasteiger partial charge in [-0.05, 0) is 98.9 Å². The molecular weight excluding hydrogens is 444 g/mol. The number of fused-ring (bicyclic) bond motifs is 7. The van der Waals surface area contributed by atoms with Crippen LogP contribution in [0.25, 0.3) is 0 Å². The van der Waals surface area contributed by atoms with Gasteiger partial charge in [0.15, 0.2) is 5.78 Å². The summed E-state index contributed by atoms with van der Waals surface area (Å²) >= 11 is 0. The van der Waals surface area contributed by atoms with E-state index in [-0.39, 0.29) is 59.3 Å². The van der Waals surface area contributed by atoms with Crippen LogP contribution in [0.5, 0.6) is 0 Å². The van der Waals surface area contributed by atoms with Gasteiger partial charge < -0.3 is 14.9 Å². The number of carboxylic acid groups (broad SMARTS) is 1. The van der Waals surface area contributed by atoms with E-state index in [2.05, 4.69) is 20.8 Å². The molecule has 5 aliphatic rings. The second-order valence-corrected chi connectivity index (χ2v) is 13.0. The van der Waals surface area contributed by atoms with E-state index in [9.17, 15) is 24.6 Å². The molecule has 0 amide bonds. The summed E-state index contributed by atoms with van der Waals surface area (Å²) in [5.74, 6) is -0.540. The van der Waals surface area contributed by atoms with E-state index in [1.165, 1.54) is 7.11 Å². The van der Waals surface area contributed by atoms with Crippen molar-refractivity contribution in [2.24, 2.45) is 57.7 Å². The Labute approximate surface area is 208 Å². The topological polar surface area (TPSA) is 101 Å².